The molecule has 4 heteroatoms. The predicted octanol–water partition coefficient (Wildman–Crippen LogP) is 2.56. The standard InChI is InChI=1S/C15H17NO3/c1-18-14-6-5-12(15(10-14)19-2)7-9-16-8-3-4-13(16)11-17/h3-6,8,10-11H,7,9H2,1-2H3. The highest BCUT2D eigenvalue weighted by Crippen LogP contribution is 2.25. The summed E-state index contributed by atoms with van der Waals surface area (Å²) in [6, 6.07) is 9.44. The molecule has 2 rings (SSSR count). The SMILES string of the molecule is COc1ccc(CCn2cccc2C=O)c(OC)c1. The van der Waals surface area contributed by atoms with E-state index in [-0.39, 0.29) is 0 Å². The Kier molecular flexibility index (Phi) is 4.23. The van der Waals surface area contributed by atoms with Crippen LogP contribution in [0.25, 0.3) is 0 Å². The van der Waals surface area contributed by atoms with Crippen LogP contribution in [0.5, 0.6) is 11.5 Å². The number of hydrogen-bond acceptors (Lipinski definition) is 3. The van der Waals surface area contributed by atoms with Crippen LogP contribution in [0.15, 0.2) is 36.5 Å². The summed E-state index contributed by atoms with van der Waals surface area (Å²) in [5, 5.41) is 0. The van der Waals surface area contributed by atoms with E-state index < -0.39 is 0 Å². The van der Waals surface area contributed by atoms with E-state index in [2.05, 4.69) is 0 Å². The third kappa shape index (κ3) is 2.96. The number of carbonyl (C=O) groups is 1. The Hall–Kier alpha value is -2.23. The molecule has 0 unspecified atom stereocenters. The zero-order valence-electron chi connectivity index (χ0n) is 11.1. The molecule has 0 amide bonds. The minimum absolute atomic E-state index is 0.687. The molecule has 0 saturated carbocycles. The van der Waals surface area contributed by atoms with Gasteiger partial charge in [0.25, 0.3) is 0 Å². The molecule has 19 heavy (non-hydrogen) atoms. The Morgan fingerprint density at radius 3 is 2.74 bits per heavy atom. The number of methoxy groups -OCH3 is 2. The van der Waals surface area contributed by atoms with Gasteiger partial charge in [0, 0.05) is 18.8 Å². The van der Waals surface area contributed by atoms with Crippen LogP contribution in [0.3, 0.4) is 0 Å². The Labute approximate surface area is 112 Å². The number of benzene rings is 1. The fourth-order valence-corrected chi connectivity index (χ4v) is 2.04. The number of ether oxygens (including phenoxy) is 2. The number of rotatable bonds is 6. The van der Waals surface area contributed by atoms with Crippen molar-refractivity contribution in [3.63, 3.8) is 0 Å². The lowest BCUT2D eigenvalue weighted by molar-refractivity contribution is 0.111. The van der Waals surface area contributed by atoms with Crippen LogP contribution in [0.4, 0.5) is 0 Å². The lowest BCUT2D eigenvalue weighted by Gasteiger charge is -2.11. The van der Waals surface area contributed by atoms with Gasteiger partial charge in [-0.15, -0.1) is 0 Å². The second-order valence-corrected chi connectivity index (χ2v) is 4.17. The average molecular weight is 259 g/mol. The molecule has 0 fully saturated rings. The van der Waals surface area contributed by atoms with Crippen LogP contribution in [-0.2, 0) is 13.0 Å². The highest BCUT2D eigenvalue weighted by molar-refractivity contribution is 5.72. The van der Waals surface area contributed by atoms with Crippen molar-refractivity contribution >= 4 is 6.29 Å². The lowest BCUT2D eigenvalue weighted by Crippen LogP contribution is -2.04. The monoisotopic (exact) mass is 259 g/mol. The van der Waals surface area contributed by atoms with Gasteiger partial charge < -0.3 is 14.0 Å². The molecule has 2 aromatic rings. The first-order chi connectivity index (χ1) is 9.28. The summed E-state index contributed by atoms with van der Waals surface area (Å²) in [7, 11) is 3.27. The van der Waals surface area contributed by atoms with Gasteiger partial charge in [-0.2, -0.15) is 0 Å². The molecule has 0 radical (unpaired) electrons. The van der Waals surface area contributed by atoms with Gasteiger partial charge in [0.1, 0.15) is 11.5 Å². The van der Waals surface area contributed by atoms with Gasteiger partial charge >= 0.3 is 0 Å². The lowest BCUT2D eigenvalue weighted by atomic mass is 10.1. The maximum atomic E-state index is 10.8. The van der Waals surface area contributed by atoms with Crippen LogP contribution in [0, 0.1) is 0 Å². The fourth-order valence-electron chi connectivity index (χ4n) is 2.04. The topological polar surface area (TPSA) is 40.5 Å². The molecule has 0 aliphatic carbocycles. The largest absolute Gasteiger partial charge is 0.497 e. The van der Waals surface area contributed by atoms with Crippen molar-refractivity contribution in [2.24, 2.45) is 0 Å². The number of aromatic nitrogens is 1. The van der Waals surface area contributed by atoms with Crippen molar-refractivity contribution in [3.05, 3.63) is 47.8 Å². The first-order valence-corrected chi connectivity index (χ1v) is 6.09. The van der Waals surface area contributed by atoms with E-state index in [4.69, 9.17) is 9.47 Å². The van der Waals surface area contributed by atoms with Crippen LogP contribution >= 0.6 is 0 Å². The number of aryl methyl sites for hydroxylation is 2. The minimum atomic E-state index is 0.687. The molecule has 1 aromatic heterocycles. The highest BCUT2D eigenvalue weighted by Gasteiger charge is 2.06. The van der Waals surface area contributed by atoms with Gasteiger partial charge in [0.2, 0.25) is 0 Å². The van der Waals surface area contributed by atoms with E-state index in [9.17, 15) is 4.79 Å². The number of hydrogen-bond donors (Lipinski definition) is 0. The van der Waals surface area contributed by atoms with Crippen LogP contribution in [0.2, 0.25) is 0 Å². The Morgan fingerprint density at radius 1 is 1.21 bits per heavy atom. The van der Waals surface area contributed by atoms with Gasteiger partial charge in [-0.25, -0.2) is 0 Å². The van der Waals surface area contributed by atoms with Gasteiger partial charge in [-0.1, -0.05) is 6.07 Å². The molecule has 0 saturated heterocycles. The van der Waals surface area contributed by atoms with Crippen LogP contribution in [-0.4, -0.2) is 25.1 Å². The molecule has 0 spiro atoms. The number of aldehydes is 1. The van der Waals surface area contributed by atoms with Crippen molar-refractivity contribution < 1.29 is 14.3 Å². The van der Waals surface area contributed by atoms with Gasteiger partial charge in [0.05, 0.1) is 19.9 Å². The summed E-state index contributed by atoms with van der Waals surface area (Å²) in [6.07, 6.45) is 3.56. The molecule has 0 N–H and O–H groups in total. The maximum Gasteiger partial charge on any atom is 0.166 e. The predicted molar refractivity (Wildman–Crippen MR) is 73.1 cm³/mol. The summed E-state index contributed by atoms with van der Waals surface area (Å²) in [5.74, 6) is 1.58. The van der Waals surface area contributed by atoms with Crippen molar-refractivity contribution in [3.8, 4) is 11.5 Å². The first kappa shape index (κ1) is 13.2. The Bertz CT molecular complexity index is 560. The maximum absolute atomic E-state index is 10.8. The average Bonchev–Trinajstić information content (AvgIpc) is 2.92. The molecule has 0 aliphatic heterocycles. The molecular formula is C15H17NO3. The summed E-state index contributed by atoms with van der Waals surface area (Å²) in [6.45, 7) is 0.740. The molecule has 4 nitrogen and oxygen atoms in total. The van der Waals surface area contributed by atoms with Crippen molar-refractivity contribution in [1.29, 1.82) is 0 Å². The molecule has 1 heterocycles. The van der Waals surface area contributed by atoms with Crippen molar-refractivity contribution in [2.45, 2.75) is 13.0 Å². The van der Waals surface area contributed by atoms with E-state index in [0.717, 1.165) is 36.3 Å². The van der Waals surface area contributed by atoms with Gasteiger partial charge in [-0.3, -0.25) is 4.79 Å². The third-order valence-electron chi connectivity index (χ3n) is 3.10. The summed E-state index contributed by atoms with van der Waals surface area (Å²) in [4.78, 5) is 10.8. The van der Waals surface area contributed by atoms with E-state index in [0.29, 0.717) is 5.69 Å². The van der Waals surface area contributed by atoms with Crippen molar-refractivity contribution in [1.82, 2.24) is 4.57 Å². The van der Waals surface area contributed by atoms with E-state index in [1.807, 2.05) is 35.0 Å². The molecule has 0 bridgehead atoms. The minimum Gasteiger partial charge on any atom is -0.497 e. The quantitative estimate of drug-likeness (QED) is 0.749. The smallest absolute Gasteiger partial charge is 0.166 e. The van der Waals surface area contributed by atoms with E-state index in [1.54, 1.807) is 20.3 Å². The number of nitrogens with zero attached hydrogens (tertiary/aromatic N) is 1. The zero-order valence-corrected chi connectivity index (χ0v) is 11.1. The van der Waals surface area contributed by atoms with Crippen LogP contribution in [0.1, 0.15) is 16.1 Å². The highest BCUT2D eigenvalue weighted by atomic mass is 16.5. The molecular weight excluding hydrogens is 242 g/mol. The second-order valence-electron chi connectivity index (χ2n) is 4.17. The Morgan fingerprint density at radius 2 is 2.05 bits per heavy atom. The number of carbonyl (C=O) groups excluding carboxylic acids is 1. The third-order valence-corrected chi connectivity index (χ3v) is 3.10. The summed E-state index contributed by atoms with van der Waals surface area (Å²) >= 11 is 0. The summed E-state index contributed by atoms with van der Waals surface area (Å²) < 4.78 is 12.4. The molecule has 0 aliphatic rings. The van der Waals surface area contributed by atoms with Gasteiger partial charge in [-0.05, 0) is 30.2 Å². The van der Waals surface area contributed by atoms with Gasteiger partial charge in [0.15, 0.2) is 6.29 Å². The Balaban J connectivity index is 2.13. The van der Waals surface area contributed by atoms with Crippen molar-refractivity contribution in [2.75, 3.05) is 14.2 Å². The summed E-state index contributed by atoms with van der Waals surface area (Å²) in [5.41, 5.74) is 1.78. The molecule has 0 atom stereocenters. The molecule has 1 aromatic carbocycles. The second kappa shape index (κ2) is 6.09. The van der Waals surface area contributed by atoms with Crippen LogP contribution < -0.4 is 9.47 Å². The fraction of sp³-hybridized carbons (Fsp3) is 0.267. The van der Waals surface area contributed by atoms with E-state index >= 15 is 0 Å². The molecule has 100 valence electrons. The first-order valence-electron chi connectivity index (χ1n) is 6.09. The van der Waals surface area contributed by atoms with E-state index in [1.165, 1.54) is 0 Å². The zero-order chi connectivity index (χ0) is 13.7. The normalized spacial score (nSPS) is 10.2.